The van der Waals surface area contributed by atoms with Gasteiger partial charge in [0, 0.05) is 0 Å². The average molecular weight is 200 g/mol. The zero-order chi connectivity index (χ0) is 11.4. The van der Waals surface area contributed by atoms with E-state index in [0.717, 1.165) is 5.22 Å². The molecular weight excluding hydrogens is 180 g/mol. The van der Waals surface area contributed by atoms with Gasteiger partial charge in [-0.15, -0.1) is 0 Å². The van der Waals surface area contributed by atoms with Crippen molar-refractivity contribution in [3.63, 3.8) is 0 Å². The molecule has 0 spiro atoms. The van der Waals surface area contributed by atoms with Crippen molar-refractivity contribution in [1.29, 1.82) is 0 Å². The van der Waals surface area contributed by atoms with Crippen molar-refractivity contribution >= 4 is 12.7 Å². The van der Waals surface area contributed by atoms with E-state index < -0.39 is 0 Å². The van der Waals surface area contributed by atoms with E-state index in [1.54, 1.807) is 0 Å². The lowest BCUT2D eigenvalue weighted by molar-refractivity contribution is 0.864. The van der Waals surface area contributed by atoms with Crippen LogP contribution in [-0.2, 0) is 0 Å². The highest BCUT2D eigenvalue weighted by molar-refractivity contribution is 5.40. The van der Waals surface area contributed by atoms with E-state index in [9.17, 15) is 0 Å². The highest BCUT2D eigenvalue weighted by Gasteiger charge is 1.96. The van der Waals surface area contributed by atoms with Gasteiger partial charge in [-0.2, -0.15) is 0 Å². The monoisotopic (exact) mass is 200 g/mol. The van der Waals surface area contributed by atoms with E-state index in [0.29, 0.717) is 5.92 Å². The normalized spacial score (nSPS) is 11.9. The zero-order valence-corrected chi connectivity index (χ0v) is 10.2. The molecular formula is C15H20. The van der Waals surface area contributed by atoms with Crippen molar-refractivity contribution in [1.82, 2.24) is 0 Å². The average Bonchev–Trinajstić information content (AvgIpc) is 2.16. The Balaban J connectivity index is 3.29. The van der Waals surface area contributed by atoms with E-state index in [1.807, 2.05) is 0 Å². The highest BCUT2D eigenvalue weighted by Crippen LogP contribution is 2.09. The van der Waals surface area contributed by atoms with Crippen LogP contribution in [0.25, 0.3) is 12.7 Å². The van der Waals surface area contributed by atoms with E-state index >= 15 is 0 Å². The summed E-state index contributed by atoms with van der Waals surface area (Å²) in [6.07, 6.45) is 4.28. The Morgan fingerprint density at radius 3 is 2.47 bits per heavy atom. The molecule has 0 unspecified atom stereocenters. The molecule has 0 N–H and O–H groups in total. The van der Waals surface area contributed by atoms with E-state index in [1.165, 1.54) is 16.4 Å². The van der Waals surface area contributed by atoms with Crippen LogP contribution in [0.4, 0.5) is 0 Å². The van der Waals surface area contributed by atoms with Gasteiger partial charge in [-0.1, -0.05) is 56.4 Å². The first-order valence-electron chi connectivity index (χ1n) is 5.45. The number of hydrogen-bond donors (Lipinski definition) is 0. The summed E-state index contributed by atoms with van der Waals surface area (Å²) >= 11 is 0. The van der Waals surface area contributed by atoms with Gasteiger partial charge in [0.05, 0.1) is 0 Å². The van der Waals surface area contributed by atoms with Crippen LogP contribution < -0.4 is 10.4 Å². The van der Waals surface area contributed by atoms with Crippen LogP contribution in [0.3, 0.4) is 0 Å². The van der Waals surface area contributed by atoms with Crippen molar-refractivity contribution in [3.05, 3.63) is 45.8 Å². The molecule has 0 amide bonds. The highest BCUT2D eigenvalue weighted by atomic mass is 14.0. The predicted octanol–water partition coefficient (Wildman–Crippen LogP) is 2.97. The quantitative estimate of drug-likeness (QED) is 0.688. The van der Waals surface area contributed by atoms with E-state index in [2.05, 4.69) is 64.6 Å². The Hall–Kier alpha value is -1.30. The second kappa shape index (κ2) is 4.97. The molecule has 15 heavy (non-hydrogen) atoms. The molecule has 0 heteroatoms. The largest absolute Gasteiger partial charge is 0.0912 e. The lowest BCUT2D eigenvalue weighted by Gasteiger charge is -2.04. The van der Waals surface area contributed by atoms with Crippen LogP contribution in [0.1, 0.15) is 39.2 Å². The lowest BCUT2D eigenvalue weighted by atomic mass is 10.0. The summed E-state index contributed by atoms with van der Waals surface area (Å²) in [4.78, 5) is 0. The van der Waals surface area contributed by atoms with Crippen molar-refractivity contribution in [3.8, 4) is 0 Å². The molecule has 0 radical (unpaired) electrons. The molecule has 0 aliphatic carbocycles. The Kier molecular flexibility index (Phi) is 3.90. The molecule has 80 valence electrons. The summed E-state index contributed by atoms with van der Waals surface area (Å²) in [6, 6.07) is 6.49. The Labute approximate surface area is 92.6 Å². The third-order valence-corrected chi connectivity index (χ3v) is 2.43. The first-order valence-corrected chi connectivity index (χ1v) is 5.45. The summed E-state index contributed by atoms with van der Waals surface area (Å²) in [5.74, 6) is 0.574. The molecule has 0 saturated carbocycles. The maximum Gasteiger partial charge on any atom is -0.0187 e. The summed E-state index contributed by atoms with van der Waals surface area (Å²) < 4.78 is 0. The van der Waals surface area contributed by atoms with Crippen molar-refractivity contribution < 1.29 is 0 Å². The Bertz CT molecular complexity index is 457. The molecule has 0 saturated heterocycles. The topological polar surface area (TPSA) is 0 Å². The van der Waals surface area contributed by atoms with Crippen molar-refractivity contribution in [2.24, 2.45) is 0 Å². The fraction of sp³-hybridized carbons (Fsp3) is 0.333. The van der Waals surface area contributed by atoms with E-state index in [4.69, 9.17) is 0 Å². The first kappa shape index (κ1) is 11.8. The van der Waals surface area contributed by atoms with Gasteiger partial charge < -0.3 is 0 Å². The van der Waals surface area contributed by atoms with Gasteiger partial charge in [0.1, 0.15) is 0 Å². The summed E-state index contributed by atoms with van der Waals surface area (Å²) in [5, 5.41) is 2.32. The van der Waals surface area contributed by atoms with Crippen molar-refractivity contribution in [2.75, 3.05) is 0 Å². The van der Waals surface area contributed by atoms with Gasteiger partial charge in [0.25, 0.3) is 0 Å². The maximum atomic E-state index is 4.04. The summed E-state index contributed by atoms with van der Waals surface area (Å²) in [7, 11) is 0. The van der Waals surface area contributed by atoms with Crippen LogP contribution in [0.2, 0.25) is 0 Å². The van der Waals surface area contributed by atoms with Gasteiger partial charge in [-0.05, 0) is 35.8 Å². The molecule has 1 aromatic rings. The number of hydrogen-bond acceptors (Lipinski definition) is 0. The van der Waals surface area contributed by atoms with Crippen molar-refractivity contribution in [2.45, 2.75) is 33.6 Å². The fourth-order valence-electron chi connectivity index (χ4n) is 1.38. The Morgan fingerprint density at radius 2 is 1.93 bits per heavy atom. The SMILES string of the molecule is C=c1ccc(C(C)C)c/c1=C/C=C(C)C. The molecule has 0 aromatic heterocycles. The minimum atomic E-state index is 0.574. The molecule has 0 fully saturated rings. The smallest absolute Gasteiger partial charge is 0.0187 e. The third-order valence-electron chi connectivity index (χ3n) is 2.43. The molecule has 0 atom stereocenters. The molecule has 1 aromatic carbocycles. The molecule has 0 aliphatic heterocycles. The minimum Gasteiger partial charge on any atom is -0.0912 e. The lowest BCUT2D eigenvalue weighted by Crippen LogP contribution is -2.23. The number of rotatable bonds is 2. The predicted molar refractivity (Wildman–Crippen MR) is 69.2 cm³/mol. The van der Waals surface area contributed by atoms with Gasteiger partial charge in [-0.25, -0.2) is 0 Å². The van der Waals surface area contributed by atoms with E-state index in [-0.39, 0.29) is 0 Å². The van der Waals surface area contributed by atoms with Crippen LogP contribution in [-0.4, -0.2) is 0 Å². The van der Waals surface area contributed by atoms with Gasteiger partial charge in [0.2, 0.25) is 0 Å². The van der Waals surface area contributed by atoms with Gasteiger partial charge >= 0.3 is 0 Å². The molecule has 1 rings (SSSR count). The van der Waals surface area contributed by atoms with Gasteiger partial charge in [0.15, 0.2) is 0 Å². The molecule has 0 bridgehead atoms. The second-order valence-electron chi connectivity index (χ2n) is 4.52. The Morgan fingerprint density at radius 1 is 1.27 bits per heavy atom. The molecule has 0 nitrogen and oxygen atoms in total. The minimum absolute atomic E-state index is 0.574. The first-order chi connectivity index (χ1) is 7.00. The van der Waals surface area contributed by atoms with Crippen LogP contribution in [0, 0.1) is 0 Å². The second-order valence-corrected chi connectivity index (χ2v) is 4.52. The number of benzene rings is 1. The molecule has 0 aliphatic rings. The van der Waals surface area contributed by atoms with Crippen LogP contribution >= 0.6 is 0 Å². The van der Waals surface area contributed by atoms with Gasteiger partial charge in [-0.3, -0.25) is 0 Å². The van der Waals surface area contributed by atoms with Crippen LogP contribution in [0.15, 0.2) is 29.8 Å². The maximum absolute atomic E-state index is 4.04. The number of allylic oxidation sites excluding steroid dienone is 2. The third kappa shape index (κ3) is 3.39. The molecule has 0 heterocycles. The summed E-state index contributed by atoms with van der Waals surface area (Å²) in [5.41, 5.74) is 2.68. The standard InChI is InChI=1S/C15H20/c1-11(2)6-8-15-10-14(12(3)4)9-7-13(15)5/h6-10,12H,5H2,1-4H3/b15-8-. The zero-order valence-electron chi connectivity index (χ0n) is 10.2. The fourth-order valence-corrected chi connectivity index (χ4v) is 1.38. The summed E-state index contributed by atoms with van der Waals surface area (Å²) in [6.45, 7) is 12.7. The van der Waals surface area contributed by atoms with Crippen LogP contribution in [0.5, 0.6) is 0 Å².